The minimum absolute atomic E-state index is 0.0690. The van der Waals surface area contributed by atoms with Crippen molar-refractivity contribution in [3.8, 4) is 5.75 Å². The molecule has 0 saturated heterocycles. The van der Waals surface area contributed by atoms with E-state index in [1.54, 1.807) is 35.2 Å². The lowest BCUT2D eigenvalue weighted by Crippen LogP contribution is -1.98. The third kappa shape index (κ3) is 4.46. The van der Waals surface area contributed by atoms with E-state index in [0.717, 1.165) is 21.5 Å². The molecule has 0 aliphatic rings. The summed E-state index contributed by atoms with van der Waals surface area (Å²) in [6, 6.07) is 6.10. The van der Waals surface area contributed by atoms with Crippen LogP contribution < -0.4 is 4.74 Å². The molecule has 0 amide bonds. The van der Waals surface area contributed by atoms with Crippen molar-refractivity contribution in [2.75, 3.05) is 12.4 Å². The Labute approximate surface area is 124 Å². The van der Waals surface area contributed by atoms with Gasteiger partial charge < -0.3 is 4.74 Å². The zero-order chi connectivity index (χ0) is 14.4. The van der Waals surface area contributed by atoms with Crippen LogP contribution in [0.2, 0.25) is 0 Å². The zero-order valence-electron chi connectivity index (χ0n) is 10.8. The fraction of sp³-hybridized carbons (Fsp3) is 0.333. The quantitative estimate of drug-likeness (QED) is 0.338. The molecular weight excluding hydrogens is 298 g/mol. The molecule has 20 heavy (non-hydrogen) atoms. The molecular formula is C12H13N3O3S2. The smallest absolute Gasteiger partial charge is 0.269 e. The summed E-state index contributed by atoms with van der Waals surface area (Å²) in [5, 5.41) is 19.4. The van der Waals surface area contributed by atoms with Gasteiger partial charge in [0.05, 0.1) is 11.5 Å². The van der Waals surface area contributed by atoms with Crippen LogP contribution in [0.4, 0.5) is 5.69 Å². The minimum Gasteiger partial charge on any atom is -0.494 e. The zero-order valence-corrected chi connectivity index (χ0v) is 12.4. The van der Waals surface area contributed by atoms with Crippen LogP contribution in [0.15, 0.2) is 28.6 Å². The highest BCUT2D eigenvalue weighted by Crippen LogP contribution is 2.22. The van der Waals surface area contributed by atoms with Crippen molar-refractivity contribution in [3.63, 3.8) is 0 Å². The standard InChI is InChI=1S/C12H13N3O3S2/c1-9-13-14-12(20-9)19-8-2-7-18-11-5-3-10(4-6-11)15(16)17/h3-6H,2,7-8H2,1H3. The number of thioether (sulfide) groups is 1. The molecule has 0 bridgehead atoms. The number of nitrogens with zero attached hydrogens (tertiary/aromatic N) is 3. The van der Waals surface area contributed by atoms with Crippen LogP contribution in [-0.2, 0) is 0 Å². The summed E-state index contributed by atoms with van der Waals surface area (Å²) in [4.78, 5) is 10.1. The molecule has 0 saturated carbocycles. The van der Waals surface area contributed by atoms with Crippen LogP contribution in [-0.4, -0.2) is 27.5 Å². The molecule has 1 aromatic heterocycles. The van der Waals surface area contributed by atoms with Crippen molar-refractivity contribution in [3.05, 3.63) is 39.4 Å². The van der Waals surface area contributed by atoms with Gasteiger partial charge in [0.2, 0.25) is 0 Å². The Bertz CT molecular complexity index is 572. The summed E-state index contributed by atoms with van der Waals surface area (Å²) in [6.45, 7) is 2.50. The van der Waals surface area contributed by atoms with Gasteiger partial charge in [0.25, 0.3) is 5.69 Å². The lowest BCUT2D eigenvalue weighted by Gasteiger charge is -2.04. The summed E-state index contributed by atoms with van der Waals surface area (Å²) in [5.74, 6) is 1.55. The average Bonchev–Trinajstić information content (AvgIpc) is 2.84. The van der Waals surface area contributed by atoms with Gasteiger partial charge in [-0.3, -0.25) is 10.1 Å². The van der Waals surface area contributed by atoms with E-state index in [1.165, 1.54) is 12.1 Å². The van der Waals surface area contributed by atoms with Crippen molar-refractivity contribution in [2.45, 2.75) is 17.7 Å². The first kappa shape index (κ1) is 14.7. The first-order chi connectivity index (χ1) is 9.65. The Hall–Kier alpha value is -1.67. The van der Waals surface area contributed by atoms with Crippen molar-refractivity contribution in [1.29, 1.82) is 0 Å². The maximum Gasteiger partial charge on any atom is 0.269 e. The number of aryl methyl sites for hydroxylation is 1. The summed E-state index contributed by atoms with van der Waals surface area (Å²) in [6.07, 6.45) is 0.875. The van der Waals surface area contributed by atoms with Crippen molar-refractivity contribution < 1.29 is 9.66 Å². The summed E-state index contributed by atoms with van der Waals surface area (Å²) in [7, 11) is 0. The molecule has 1 heterocycles. The molecule has 0 unspecified atom stereocenters. The fourth-order valence-electron chi connectivity index (χ4n) is 1.41. The predicted octanol–water partition coefficient (Wildman–Crippen LogP) is 3.32. The number of nitro groups is 1. The Kier molecular flexibility index (Phi) is 5.31. The number of benzene rings is 1. The second-order valence-electron chi connectivity index (χ2n) is 3.89. The van der Waals surface area contributed by atoms with Gasteiger partial charge in [-0.05, 0) is 25.5 Å². The molecule has 6 nitrogen and oxygen atoms in total. The van der Waals surface area contributed by atoms with Crippen LogP contribution in [0.1, 0.15) is 11.4 Å². The molecule has 0 fully saturated rings. The molecule has 0 N–H and O–H groups in total. The summed E-state index contributed by atoms with van der Waals surface area (Å²) in [5.41, 5.74) is 0.0690. The highest BCUT2D eigenvalue weighted by molar-refractivity contribution is 8.01. The number of non-ortho nitro benzene ring substituents is 1. The van der Waals surface area contributed by atoms with Gasteiger partial charge in [0.15, 0.2) is 4.34 Å². The monoisotopic (exact) mass is 311 g/mol. The van der Waals surface area contributed by atoms with Gasteiger partial charge in [-0.25, -0.2) is 0 Å². The van der Waals surface area contributed by atoms with Crippen molar-refractivity contribution in [1.82, 2.24) is 10.2 Å². The summed E-state index contributed by atoms with van der Waals surface area (Å²) < 4.78 is 6.49. The Balaban J connectivity index is 1.66. The van der Waals surface area contributed by atoms with Crippen LogP contribution in [0.3, 0.4) is 0 Å². The topological polar surface area (TPSA) is 78.2 Å². The largest absolute Gasteiger partial charge is 0.494 e. The van der Waals surface area contributed by atoms with E-state index in [4.69, 9.17) is 4.74 Å². The molecule has 0 aliphatic heterocycles. The number of aromatic nitrogens is 2. The number of rotatable bonds is 7. The Morgan fingerprint density at radius 1 is 1.35 bits per heavy atom. The first-order valence-electron chi connectivity index (χ1n) is 5.95. The number of hydrogen-bond acceptors (Lipinski definition) is 7. The van der Waals surface area contributed by atoms with E-state index in [0.29, 0.717) is 12.4 Å². The second-order valence-corrected chi connectivity index (χ2v) is 6.41. The highest BCUT2D eigenvalue weighted by atomic mass is 32.2. The molecule has 0 spiro atoms. The van der Waals surface area contributed by atoms with Crippen molar-refractivity contribution >= 4 is 28.8 Å². The Morgan fingerprint density at radius 3 is 2.70 bits per heavy atom. The molecule has 2 aromatic rings. The van der Waals surface area contributed by atoms with Crippen molar-refractivity contribution in [2.24, 2.45) is 0 Å². The number of ether oxygens (including phenoxy) is 1. The van der Waals surface area contributed by atoms with E-state index in [1.807, 2.05) is 6.92 Å². The molecule has 106 valence electrons. The third-order valence-corrected chi connectivity index (χ3v) is 4.40. The van der Waals surface area contributed by atoms with Crippen LogP contribution in [0.5, 0.6) is 5.75 Å². The average molecular weight is 311 g/mol. The van der Waals surface area contributed by atoms with Gasteiger partial charge in [0.1, 0.15) is 10.8 Å². The maximum absolute atomic E-state index is 10.5. The van der Waals surface area contributed by atoms with Crippen LogP contribution >= 0.6 is 23.1 Å². The van der Waals surface area contributed by atoms with E-state index < -0.39 is 4.92 Å². The number of nitro benzene ring substituents is 1. The van der Waals surface area contributed by atoms with Gasteiger partial charge in [-0.1, -0.05) is 23.1 Å². The van der Waals surface area contributed by atoms with E-state index in [-0.39, 0.29) is 5.69 Å². The highest BCUT2D eigenvalue weighted by Gasteiger charge is 2.04. The molecule has 8 heteroatoms. The molecule has 0 atom stereocenters. The predicted molar refractivity (Wildman–Crippen MR) is 78.6 cm³/mol. The maximum atomic E-state index is 10.5. The number of hydrogen-bond donors (Lipinski definition) is 0. The molecule has 0 aliphatic carbocycles. The lowest BCUT2D eigenvalue weighted by molar-refractivity contribution is -0.384. The van der Waals surface area contributed by atoms with E-state index >= 15 is 0 Å². The normalized spacial score (nSPS) is 10.4. The lowest BCUT2D eigenvalue weighted by atomic mass is 10.3. The molecule has 2 rings (SSSR count). The Morgan fingerprint density at radius 2 is 2.10 bits per heavy atom. The first-order valence-corrected chi connectivity index (χ1v) is 7.75. The minimum atomic E-state index is -0.426. The molecule has 1 aromatic carbocycles. The molecule has 0 radical (unpaired) electrons. The second kappa shape index (κ2) is 7.20. The fourth-order valence-corrected chi connectivity index (χ4v) is 3.21. The van der Waals surface area contributed by atoms with Gasteiger partial charge in [0, 0.05) is 17.9 Å². The SMILES string of the molecule is Cc1nnc(SCCCOc2ccc([N+](=O)[O-])cc2)s1. The van der Waals surface area contributed by atoms with Crippen LogP contribution in [0.25, 0.3) is 0 Å². The van der Waals surface area contributed by atoms with E-state index in [2.05, 4.69) is 10.2 Å². The third-order valence-electron chi connectivity index (χ3n) is 2.34. The van der Waals surface area contributed by atoms with E-state index in [9.17, 15) is 10.1 Å². The van der Waals surface area contributed by atoms with Gasteiger partial charge in [-0.15, -0.1) is 10.2 Å². The van der Waals surface area contributed by atoms with Gasteiger partial charge >= 0.3 is 0 Å². The van der Waals surface area contributed by atoms with Crippen LogP contribution in [0, 0.1) is 17.0 Å². The summed E-state index contributed by atoms with van der Waals surface area (Å²) >= 11 is 3.24. The van der Waals surface area contributed by atoms with Gasteiger partial charge in [-0.2, -0.15) is 0 Å².